The van der Waals surface area contributed by atoms with E-state index in [4.69, 9.17) is 9.16 Å². The fourth-order valence-corrected chi connectivity index (χ4v) is 10.2. The number of carbonyl (C=O) groups is 1. The Balaban J connectivity index is 2.53. The number of fused-ring (bicyclic) bond motifs is 1. The highest BCUT2D eigenvalue weighted by Crippen LogP contribution is 2.51. The Labute approximate surface area is 165 Å². The molecule has 0 bridgehead atoms. The van der Waals surface area contributed by atoms with E-state index in [9.17, 15) is 10.1 Å². The summed E-state index contributed by atoms with van der Waals surface area (Å²) in [6.45, 7) is 13.5. The molecule has 148 valence electrons. The zero-order valence-electron chi connectivity index (χ0n) is 17.8. The van der Waals surface area contributed by atoms with Gasteiger partial charge in [0.05, 0.1) is 18.6 Å². The maximum Gasteiger partial charge on any atom is 0.258 e. The first-order chi connectivity index (χ1) is 12.7. The molecule has 5 heteroatoms. The number of aldehydes is 1. The summed E-state index contributed by atoms with van der Waals surface area (Å²) in [4.78, 5) is 10.9. The van der Waals surface area contributed by atoms with Crippen LogP contribution in [0.1, 0.15) is 65.5 Å². The van der Waals surface area contributed by atoms with E-state index in [-0.39, 0.29) is 0 Å². The third kappa shape index (κ3) is 3.52. The summed E-state index contributed by atoms with van der Waals surface area (Å²) in [7, 11) is -0.466. The van der Waals surface area contributed by atoms with Crippen molar-refractivity contribution < 1.29 is 14.0 Å². The SMILES string of the molecule is COc1cc2c(cc1O[Si](C(C)C)(C(C)C)C(C)C)C(C#N)(CCC=O)C2. The second-order valence-corrected chi connectivity index (χ2v) is 14.0. The quantitative estimate of drug-likeness (QED) is 0.412. The minimum absolute atomic E-state index is 0.401. The highest BCUT2D eigenvalue weighted by Gasteiger charge is 2.49. The van der Waals surface area contributed by atoms with Crippen molar-refractivity contribution in [1.29, 1.82) is 5.26 Å². The summed E-state index contributed by atoms with van der Waals surface area (Å²) in [5.41, 5.74) is 2.90. The smallest absolute Gasteiger partial charge is 0.258 e. The first-order valence-corrected chi connectivity index (χ1v) is 12.1. The number of methoxy groups -OCH3 is 1. The van der Waals surface area contributed by atoms with E-state index in [2.05, 4.69) is 47.6 Å². The van der Waals surface area contributed by atoms with Crippen molar-refractivity contribution in [3.05, 3.63) is 23.3 Å². The summed E-state index contributed by atoms with van der Waals surface area (Å²) in [6, 6.07) is 6.49. The fourth-order valence-electron chi connectivity index (χ4n) is 4.97. The molecule has 0 heterocycles. The Morgan fingerprint density at radius 2 is 1.74 bits per heavy atom. The lowest BCUT2D eigenvalue weighted by Crippen LogP contribution is -2.51. The van der Waals surface area contributed by atoms with E-state index in [0.29, 0.717) is 35.9 Å². The molecule has 27 heavy (non-hydrogen) atoms. The van der Waals surface area contributed by atoms with E-state index in [1.54, 1.807) is 7.11 Å². The number of carbonyl (C=O) groups excluding carboxylic acids is 1. The van der Waals surface area contributed by atoms with Crippen LogP contribution >= 0.6 is 0 Å². The van der Waals surface area contributed by atoms with Gasteiger partial charge in [-0.25, -0.2) is 0 Å². The van der Waals surface area contributed by atoms with Crippen LogP contribution in [0, 0.1) is 11.3 Å². The number of hydrogen-bond donors (Lipinski definition) is 0. The molecule has 0 radical (unpaired) electrons. The number of rotatable bonds is 9. The Hall–Kier alpha value is -1.80. The monoisotopic (exact) mass is 387 g/mol. The highest BCUT2D eigenvalue weighted by atomic mass is 28.4. The standard InChI is InChI=1S/C22H33NO3Si/c1-15(2)27(16(3)4,17(5)6)26-21-12-19-18(11-20(21)25-7)13-22(19,14-23)9-8-10-24/h10-12,15-17H,8-9,13H2,1-7H3. The molecule has 0 spiro atoms. The van der Waals surface area contributed by atoms with Gasteiger partial charge in [0.2, 0.25) is 0 Å². The van der Waals surface area contributed by atoms with Crippen molar-refractivity contribution in [2.45, 2.75) is 82.8 Å². The van der Waals surface area contributed by atoms with Gasteiger partial charge in [0.25, 0.3) is 8.32 Å². The Morgan fingerprint density at radius 3 is 2.19 bits per heavy atom. The average molecular weight is 388 g/mol. The molecule has 1 aromatic carbocycles. The van der Waals surface area contributed by atoms with Gasteiger partial charge in [-0.3, -0.25) is 0 Å². The van der Waals surface area contributed by atoms with Crippen LogP contribution in [0.5, 0.6) is 11.5 Å². The highest BCUT2D eigenvalue weighted by molar-refractivity contribution is 6.78. The van der Waals surface area contributed by atoms with Crippen LogP contribution in [-0.2, 0) is 16.6 Å². The zero-order valence-corrected chi connectivity index (χ0v) is 18.8. The Kier molecular flexibility index (Phi) is 6.42. The van der Waals surface area contributed by atoms with Crippen LogP contribution in [0.15, 0.2) is 12.1 Å². The van der Waals surface area contributed by atoms with E-state index >= 15 is 0 Å². The molecular formula is C22H33NO3Si. The van der Waals surface area contributed by atoms with Crippen LogP contribution in [0.4, 0.5) is 0 Å². The van der Waals surface area contributed by atoms with Gasteiger partial charge in [-0.05, 0) is 52.7 Å². The van der Waals surface area contributed by atoms with Crippen molar-refractivity contribution in [2.24, 2.45) is 0 Å². The third-order valence-electron chi connectivity index (χ3n) is 6.29. The molecule has 0 aromatic heterocycles. The van der Waals surface area contributed by atoms with Gasteiger partial charge >= 0.3 is 0 Å². The predicted molar refractivity (Wildman–Crippen MR) is 111 cm³/mol. The number of hydrogen-bond acceptors (Lipinski definition) is 4. The minimum atomic E-state index is -2.13. The number of ether oxygens (including phenoxy) is 1. The molecule has 1 unspecified atom stereocenters. The molecule has 2 rings (SSSR count). The maximum absolute atomic E-state index is 10.9. The average Bonchev–Trinajstić information content (AvgIpc) is 2.60. The Bertz CT molecular complexity index is 714. The van der Waals surface area contributed by atoms with Gasteiger partial charge in [-0.15, -0.1) is 0 Å². The van der Waals surface area contributed by atoms with Gasteiger partial charge in [-0.1, -0.05) is 41.5 Å². The van der Waals surface area contributed by atoms with Crippen molar-refractivity contribution >= 4 is 14.6 Å². The molecule has 0 fully saturated rings. The normalized spacial score (nSPS) is 18.9. The van der Waals surface area contributed by atoms with E-state index < -0.39 is 13.7 Å². The molecule has 1 aliphatic carbocycles. The predicted octanol–water partition coefficient (Wildman–Crippen LogP) is 5.55. The molecule has 0 N–H and O–H groups in total. The largest absolute Gasteiger partial charge is 0.540 e. The van der Waals surface area contributed by atoms with E-state index in [1.165, 1.54) is 0 Å². The molecule has 1 aromatic rings. The molecule has 0 saturated carbocycles. The summed E-state index contributed by atoms with van der Waals surface area (Å²) in [6.07, 6.45) is 2.53. The zero-order chi connectivity index (χ0) is 20.4. The summed E-state index contributed by atoms with van der Waals surface area (Å²) >= 11 is 0. The lowest BCUT2D eigenvalue weighted by molar-refractivity contribution is -0.108. The summed E-state index contributed by atoms with van der Waals surface area (Å²) in [5, 5.41) is 9.80. The van der Waals surface area contributed by atoms with Crippen LogP contribution in [0.25, 0.3) is 0 Å². The van der Waals surface area contributed by atoms with Gasteiger partial charge in [0, 0.05) is 6.42 Å². The van der Waals surface area contributed by atoms with Gasteiger partial charge in [0.15, 0.2) is 5.75 Å². The van der Waals surface area contributed by atoms with E-state index in [0.717, 1.165) is 28.9 Å². The maximum atomic E-state index is 10.9. The van der Waals surface area contributed by atoms with Crippen molar-refractivity contribution in [1.82, 2.24) is 0 Å². The minimum Gasteiger partial charge on any atom is -0.540 e. The molecule has 0 amide bonds. The second-order valence-electron chi connectivity index (χ2n) is 8.66. The Morgan fingerprint density at radius 1 is 1.15 bits per heavy atom. The number of nitriles is 1. The first kappa shape index (κ1) is 21.5. The lowest BCUT2D eigenvalue weighted by atomic mass is 9.62. The summed E-state index contributed by atoms with van der Waals surface area (Å²) in [5.74, 6) is 1.50. The molecule has 1 aliphatic rings. The molecule has 0 aliphatic heterocycles. The second kappa shape index (κ2) is 8.06. The van der Waals surface area contributed by atoms with Crippen LogP contribution in [0.2, 0.25) is 16.6 Å². The summed E-state index contributed by atoms with van der Waals surface area (Å²) < 4.78 is 12.5. The molecular weight excluding hydrogens is 354 g/mol. The number of nitrogens with zero attached hydrogens (tertiary/aromatic N) is 1. The molecule has 4 nitrogen and oxygen atoms in total. The molecule has 1 atom stereocenters. The van der Waals surface area contributed by atoms with Gasteiger partial charge in [0.1, 0.15) is 12.0 Å². The van der Waals surface area contributed by atoms with Gasteiger partial charge < -0.3 is 14.0 Å². The topological polar surface area (TPSA) is 59.3 Å². The van der Waals surface area contributed by atoms with Crippen LogP contribution in [-0.4, -0.2) is 21.7 Å². The first-order valence-electron chi connectivity index (χ1n) is 9.93. The van der Waals surface area contributed by atoms with Gasteiger partial charge in [-0.2, -0.15) is 5.26 Å². The van der Waals surface area contributed by atoms with Crippen molar-refractivity contribution in [3.8, 4) is 17.6 Å². The number of benzene rings is 1. The lowest BCUT2D eigenvalue weighted by Gasteiger charge is -2.44. The van der Waals surface area contributed by atoms with Crippen molar-refractivity contribution in [2.75, 3.05) is 7.11 Å². The fraction of sp³-hybridized carbons (Fsp3) is 0.636. The van der Waals surface area contributed by atoms with Crippen LogP contribution in [0.3, 0.4) is 0 Å². The molecule has 0 saturated heterocycles. The van der Waals surface area contributed by atoms with Crippen LogP contribution < -0.4 is 9.16 Å². The van der Waals surface area contributed by atoms with Crippen molar-refractivity contribution in [3.63, 3.8) is 0 Å². The third-order valence-corrected chi connectivity index (χ3v) is 12.3. The van der Waals surface area contributed by atoms with E-state index in [1.807, 2.05) is 12.1 Å².